The van der Waals surface area contributed by atoms with Gasteiger partial charge < -0.3 is 4.74 Å². The summed E-state index contributed by atoms with van der Waals surface area (Å²) in [7, 11) is 0. The summed E-state index contributed by atoms with van der Waals surface area (Å²) in [6.07, 6.45) is 6.30. The number of rotatable bonds is 3. The minimum Gasteiger partial charge on any atom is -0.373 e. The van der Waals surface area contributed by atoms with E-state index in [0.717, 1.165) is 12.0 Å². The zero-order chi connectivity index (χ0) is 11.3. The molecule has 1 fully saturated rings. The van der Waals surface area contributed by atoms with Crippen LogP contribution in [0.25, 0.3) is 0 Å². The molecule has 0 aliphatic heterocycles. The van der Waals surface area contributed by atoms with Crippen LogP contribution in [0.3, 0.4) is 0 Å². The lowest BCUT2D eigenvalue weighted by atomic mass is 9.71. The Labute approximate surface area is 93.2 Å². The molecule has 15 heavy (non-hydrogen) atoms. The molecule has 0 amide bonds. The van der Waals surface area contributed by atoms with Crippen LogP contribution in [0.15, 0.2) is 24.3 Å². The average molecular weight is 206 g/mol. The molecule has 3 atom stereocenters. The highest BCUT2D eigenvalue weighted by molar-refractivity contribution is 5.25. The standard InChI is InChI=1S/C14H22O/c1-10(2)9-15-12-8-14(5)7-6-11(12)13(14,3)4/h6-7,11-12H,1,8-9H2,2-5H3. The normalized spacial score (nSPS) is 41.1. The summed E-state index contributed by atoms with van der Waals surface area (Å²) >= 11 is 0. The Balaban J connectivity index is 2.09. The van der Waals surface area contributed by atoms with Crippen molar-refractivity contribution in [2.45, 2.75) is 40.2 Å². The fraction of sp³-hybridized carbons (Fsp3) is 0.714. The van der Waals surface area contributed by atoms with Crippen LogP contribution in [0.5, 0.6) is 0 Å². The summed E-state index contributed by atoms with van der Waals surface area (Å²) in [4.78, 5) is 0. The first kappa shape index (κ1) is 10.9. The van der Waals surface area contributed by atoms with Gasteiger partial charge in [0.25, 0.3) is 0 Å². The van der Waals surface area contributed by atoms with E-state index in [-0.39, 0.29) is 0 Å². The van der Waals surface area contributed by atoms with E-state index in [1.54, 1.807) is 0 Å². The molecule has 0 aromatic rings. The third kappa shape index (κ3) is 1.48. The average Bonchev–Trinajstić information content (AvgIpc) is 2.45. The molecule has 0 N–H and O–H groups in total. The topological polar surface area (TPSA) is 9.23 Å². The van der Waals surface area contributed by atoms with E-state index in [1.165, 1.54) is 0 Å². The van der Waals surface area contributed by atoms with E-state index in [9.17, 15) is 0 Å². The van der Waals surface area contributed by atoms with Crippen molar-refractivity contribution in [3.8, 4) is 0 Å². The molecule has 0 heterocycles. The van der Waals surface area contributed by atoms with Gasteiger partial charge in [-0.15, -0.1) is 0 Å². The van der Waals surface area contributed by atoms with E-state index in [4.69, 9.17) is 4.74 Å². The summed E-state index contributed by atoms with van der Waals surface area (Å²) < 4.78 is 5.95. The summed E-state index contributed by atoms with van der Waals surface area (Å²) in [5.74, 6) is 0.585. The van der Waals surface area contributed by atoms with Crippen LogP contribution < -0.4 is 0 Å². The van der Waals surface area contributed by atoms with Crippen molar-refractivity contribution in [1.82, 2.24) is 0 Å². The molecule has 2 bridgehead atoms. The first-order chi connectivity index (χ1) is 6.87. The second-order valence-corrected chi connectivity index (χ2v) is 6.03. The fourth-order valence-corrected chi connectivity index (χ4v) is 3.03. The van der Waals surface area contributed by atoms with Crippen molar-refractivity contribution in [2.75, 3.05) is 6.61 Å². The van der Waals surface area contributed by atoms with Gasteiger partial charge in [0.05, 0.1) is 12.7 Å². The van der Waals surface area contributed by atoms with E-state index < -0.39 is 0 Å². The number of allylic oxidation sites excluding steroid dienone is 1. The Hall–Kier alpha value is -0.560. The smallest absolute Gasteiger partial charge is 0.0675 e. The van der Waals surface area contributed by atoms with Crippen molar-refractivity contribution in [2.24, 2.45) is 16.7 Å². The number of hydrogen-bond acceptors (Lipinski definition) is 1. The molecule has 0 spiro atoms. The third-order valence-electron chi connectivity index (χ3n) is 4.55. The van der Waals surface area contributed by atoms with E-state index in [0.29, 0.717) is 29.5 Å². The van der Waals surface area contributed by atoms with Crippen molar-refractivity contribution in [3.05, 3.63) is 24.3 Å². The van der Waals surface area contributed by atoms with Crippen molar-refractivity contribution in [3.63, 3.8) is 0 Å². The third-order valence-corrected chi connectivity index (χ3v) is 4.55. The molecule has 0 saturated heterocycles. The lowest BCUT2D eigenvalue weighted by Gasteiger charge is -2.33. The molecule has 2 aliphatic rings. The highest BCUT2D eigenvalue weighted by Gasteiger charge is 2.57. The van der Waals surface area contributed by atoms with Crippen LogP contribution in [0.4, 0.5) is 0 Å². The Bertz CT molecular complexity index is 313. The van der Waals surface area contributed by atoms with Crippen LogP contribution in [-0.2, 0) is 4.74 Å². The predicted octanol–water partition coefficient (Wildman–Crippen LogP) is 3.57. The summed E-state index contributed by atoms with van der Waals surface area (Å²) in [5.41, 5.74) is 1.80. The molecule has 0 aromatic carbocycles. The van der Waals surface area contributed by atoms with Crippen molar-refractivity contribution >= 4 is 0 Å². The molecule has 1 saturated carbocycles. The second-order valence-electron chi connectivity index (χ2n) is 6.03. The highest BCUT2D eigenvalue weighted by Crippen LogP contribution is 2.62. The maximum absolute atomic E-state index is 5.95. The van der Waals surface area contributed by atoms with E-state index in [2.05, 4.69) is 39.5 Å². The minimum absolute atomic E-state index is 0.331. The number of ether oxygens (including phenoxy) is 1. The molecular weight excluding hydrogens is 184 g/mol. The highest BCUT2D eigenvalue weighted by atomic mass is 16.5. The SMILES string of the molecule is C=C(C)COC1CC2(C)C=CC1C2(C)C. The Morgan fingerprint density at radius 2 is 2.13 bits per heavy atom. The quantitative estimate of drug-likeness (QED) is 0.641. The molecule has 1 nitrogen and oxygen atoms in total. The van der Waals surface area contributed by atoms with Crippen LogP contribution >= 0.6 is 0 Å². The first-order valence-corrected chi connectivity index (χ1v) is 5.82. The molecule has 3 unspecified atom stereocenters. The summed E-state index contributed by atoms with van der Waals surface area (Å²) in [5, 5.41) is 0. The molecular formula is C14H22O. The number of hydrogen-bond donors (Lipinski definition) is 0. The van der Waals surface area contributed by atoms with Gasteiger partial charge in [-0.25, -0.2) is 0 Å². The van der Waals surface area contributed by atoms with Crippen molar-refractivity contribution in [1.29, 1.82) is 0 Å². The summed E-state index contributed by atoms with van der Waals surface area (Å²) in [6.45, 7) is 13.7. The lowest BCUT2D eigenvalue weighted by molar-refractivity contribution is 0.0400. The maximum Gasteiger partial charge on any atom is 0.0675 e. The predicted molar refractivity (Wildman–Crippen MR) is 63.7 cm³/mol. The first-order valence-electron chi connectivity index (χ1n) is 5.82. The zero-order valence-electron chi connectivity index (χ0n) is 10.3. The maximum atomic E-state index is 5.95. The van der Waals surface area contributed by atoms with Gasteiger partial charge in [-0.1, -0.05) is 45.1 Å². The lowest BCUT2D eigenvalue weighted by Crippen LogP contribution is -2.28. The largest absolute Gasteiger partial charge is 0.373 e. The van der Waals surface area contributed by atoms with E-state index in [1.807, 2.05) is 6.92 Å². The van der Waals surface area contributed by atoms with Gasteiger partial charge in [0.2, 0.25) is 0 Å². The molecule has 2 aliphatic carbocycles. The molecule has 0 aromatic heterocycles. The van der Waals surface area contributed by atoms with Crippen molar-refractivity contribution < 1.29 is 4.74 Å². The van der Waals surface area contributed by atoms with Gasteiger partial charge in [0, 0.05) is 5.92 Å². The van der Waals surface area contributed by atoms with Crippen LogP contribution in [0, 0.1) is 16.7 Å². The molecule has 84 valence electrons. The van der Waals surface area contributed by atoms with E-state index >= 15 is 0 Å². The van der Waals surface area contributed by atoms with Gasteiger partial charge in [-0.2, -0.15) is 0 Å². The van der Waals surface area contributed by atoms with Crippen LogP contribution in [-0.4, -0.2) is 12.7 Å². The Morgan fingerprint density at radius 1 is 1.47 bits per heavy atom. The second kappa shape index (κ2) is 3.21. The van der Waals surface area contributed by atoms with Crippen LogP contribution in [0.1, 0.15) is 34.1 Å². The van der Waals surface area contributed by atoms with Gasteiger partial charge in [0.1, 0.15) is 0 Å². The Morgan fingerprint density at radius 3 is 2.53 bits per heavy atom. The zero-order valence-corrected chi connectivity index (χ0v) is 10.3. The van der Waals surface area contributed by atoms with Gasteiger partial charge in [0.15, 0.2) is 0 Å². The van der Waals surface area contributed by atoms with Crippen LogP contribution in [0.2, 0.25) is 0 Å². The minimum atomic E-state index is 0.331. The van der Waals surface area contributed by atoms with Gasteiger partial charge in [-0.05, 0) is 24.2 Å². The van der Waals surface area contributed by atoms with Gasteiger partial charge in [-0.3, -0.25) is 0 Å². The molecule has 0 radical (unpaired) electrons. The monoisotopic (exact) mass is 206 g/mol. The number of fused-ring (bicyclic) bond motifs is 2. The van der Waals surface area contributed by atoms with Gasteiger partial charge >= 0.3 is 0 Å². The Kier molecular flexibility index (Phi) is 2.34. The molecule has 1 heteroatoms. The fourth-order valence-electron chi connectivity index (χ4n) is 3.03. The summed E-state index contributed by atoms with van der Waals surface area (Å²) in [6, 6.07) is 0. The molecule has 2 rings (SSSR count).